The van der Waals surface area contributed by atoms with Crippen molar-refractivity contribution in [2.24, 2.45) is 16.8 Å². The molecule has 0 unspecified atom stereocenters. The van der Waals surface area contributed by atoms with E-state index in [0.717, 1.165) is 6.54 Å². The number of rotatable bonds is 4. The molecule has 4 N–H and O–H groups in total. The maximum absolute atomic E-state index is 5.87. The standard InChI is InChI=1S/C10H17BN6/c1-16(2)5-6-17(13)10(15-12)9-4-3-8(11)7-14-9/h3-4,7H,5-6,12-13H2,1-2H3/b15-10-. The molecule has 1 aromatic heterocycles. The zero-order chi connectivity index (χ0) is 12.8. The predicted octanol–water partition coefficient (Wildman–Crippen LogP) is -1.77. The lowest BCUT2D eigenvalue weighted by Crippen LogP contribution is -2.43. The lowest BCUT2D eigenvalue weighted by atomic mass is 9.99. The van der Waals surface area contributed by atoms with Crippen molar-refractivity contribution in [2.45, 2.75) is 0 Å². The topological polar surface area (TPSA) is 83.8 Å². The third-order valence-corrected chi connectivity index (χ3v) is 2.20. The van der Waals surface area contributed by atoms with E-state index in [-0.39, 0.29) is 0 Å². The summed E-state index contributed by atoms with van der Waals surface area (Å²) in [6, 6.07) is 3.46. The first kappa shape index (κ1) is 13.5. The normalized spacial score (nSPS) is 11.9. The van der Waals surface area contributed by atoms with Gasteiger partial charge in [0.1, 0.15) is 13.5 Å². The van der Waals surface area contributed by atoms with Gasteiger partial charge in [0.2, 0.25) is 0 Å². The van der Waals surface area contributed by atoms with Crippen LogP contribution in [0.1, 0.15) is 5.69 Å². The molecule has 1 heterocycles. The van der Waals surface area contributed by atoms with E-state index in [2.05, 4.69) is 10.1 Å². The van der Waals surface area contributed by atoms with Gasteiger partial charge in [-0.05, 0) is 20.2 Å². The fraction of sp³-hybridized carbons (Fsp3) is 0.400. The Kier molecular flexibility index (Phi) is 4.93. The van der Waals surface area contributed by atoms with E-state index in [0.29, 0.717) is 23.5 Å². The van der Waals surface area contributed by atoms with Gasteiger partial charge in [0.15, 0.2) is 5.84 Å². The number of hydrogen-bond acceptors (Lipinski definition) is 5. The molecule has 1 rings (SSSR count). The number of hydrazine groups is 1. The van der Waals surface area contributed by atoms with Crippen LogP contribution in [0.3, 0.4) is 0 Å². The van der Waals surface area contributed by atoms with Gasteiger partial charge in [0.25, 0.3) is 0 Å². The van der Waals surface area contributed by atoms with Crippen LogP contribution in [0.25, 0.3) is 0 Å². The molecule has 0 spiro atoms. The van der Waals surface area contributed by atoms with Crippen molar-refractivity contribution in [2.75, 3.05) is 27.2 Å². The van der Waals surface area contributed by atoms with Crippen molar-refractivity contribution in [3.8, 4) is 0 Å². The maximum Gasteiger partial charge on any atom is 0.188 e. The summed E-state index contributed by atoms with van der Waals surface area (Å²) >= 11 is 0. The number of aromatic nitrogens is 1. The fourth-order valence-electron chi connectivity index (χ4n) is 1.24. The van der Waals surface area contributed by atoms with Gasteiger partial charge in [-0.3, -0.25) is 9.99 Å². The van der Waals surface area contributed by atoms with Crippen LogP contribution in [0.2, 0.25) is 0 Å². The van der Waals surface area contributed by atoms with Crippen LogP contribution in [-0.2, 0) is 0 Å². The van der Waals surface area contributed by atoms with Crippen molar-refractivity contribution in [1.29, 1.82) is 0 Å². The second kappa shape index (κ2) is 6.22. The van der Waals surface area contributed by atoms with Crippen molar-refractivity contribution in [1.82, 2.24) is 14.9 Å². The Morgan fingerprint density at radius 3 is 2.59 bits per heavy atom. The summed E-state index contributed by atoms with van der Waals surface area (Å²) in [5.74, 6) is 11.6. The summed E-state index contributed by atoms with van der Waals surface area (Å²) in [5.41, 5.74) is 1.19. The number of hydrazone groups is 1. The number of nitrogens with two attached hydrogens (primary N) is 2. The van der Waals surface area contributed by atoms with Gasteiger partial charge in [-0.15, -0.1) is 0 Å². The van der Waals surface area contributed by atoms with Crippen molar-refractivity contribution >= 4 is 19.1 Å². The van der Waals surface area contributed by atoms with Crippen LogP contribution >= 0.6 is 0 Å². The van der Waals surface area contributed by atoms with E-state index in [1.807, 2.05) is 19.0 Å². The monoisotopic (exact) mass is 232 g/mol. The molecule has 6 nitrogen and oxygen atoms in total. The van der Waals surface area contributed by atoms with Crippen LogP contribution in [-0.4, -0.2) is 55.8 Å². The Bertz CT molecular complexity index is 375. The summed E-state index contributed by atoms with van der Waals surface area (Å²) in [4.78, 5) is 6.14. The molecule has 2 radical (unpaired) electrons. The minimum absolute atomic E-state index is 0.437. The first-order chi connectivity index (χ1) is 8.04. The van der Waals surface area contributed by atoms with E-state index in [1.165, 1.54) is 5.01 Å². The third kappa shape index (κ3) is 4.05. The Hall–Kier alpha value is -1.60. The Morgan fingerprint density at radius 1 is 1.41 bits per heavy atom. The fourth-order valence-corrected chi connectivity index (χ4v) is 1.24. The molecule has 1 aromatic rings. The molecule has 17 heavy (non-hydrogen) atoms. The van der Waals surface area contributed by atoms with Crippen LogP contribution < -0.4 is 17.1 Å². The van der Waals surface area contributed by atoms with E-state index in [9.17, 15) is 0 Å². The highest BCUT2D eigenvalue weighted by molar-refractivity contribution is 6.32. The number of hydrogen-bond donors (Lipinski definition) is 2. The van der Waals surface area contributed by atoms with Gasteiger partial charge < -0.3 is 10.7 Å². The molecular formula is C10H17BN6. The molecule has 0 saturated carbocycles. The summed E-state index contributed by atoms with van der Waals surface area (Å²) in [5, 5.41) is 5.13. The Morgan fingerprint density at radius 2 is 2.12 bits per heavy atom. The highest BCUT2D eigenvalue weighted by Gasteiger charge is 2.11. The highest BCUT2D eigenvalue weighted by atomic mass is 15.5. The van der Waals surface area contributed by atoms with Gasteiger partial charge in [0.05, 0.1) is 0 Å². The molecule has 0 aliphatic carbocycles. The van der Waals surface area contributed by atoms with Crippen LogP contribution in [0.15, 0.2) is 23.4 Å². The molecular weight excluding hydrogens is 215 g/mol. The number of likely N-dealkylation sites (N-methyl/N-ethyl adjacent to an activating group) is 1. The first-order valence-corrected chi connectivity index (χ1v) is 5.21. The van der Waals surface area contributed by atoms with Gasteiger partial charge in [-0.2, -0.15) is 5.10 Å². The minimum atomic E-state index is 0.437. The molecule has 0 fully saturated rings. The number of nitrogens with zero attached hydrogens (tertiary/aromatic N) is 4. The smallest absolute Gasteiger partial charge is 0.188 e. The zero-order valence-corrected chi connectivity index (χ0v) is 10.2. The van der Waals surface area contributed by atoms with E-state index in [1.54, 1.807) is 18.3 Å². The molecule has 0 aliphatic heterocycles. The minimum Gasteiger partial charge on any atom is -0.321 e. The average Bonchev–Trinajstić information content (AvgIpc) is 2.30. The maximum atomic E-state index is 5.87. The van der Waals surface area contributed by atoms with Crippen LogP contribution in [0.4, 0.5) is 0 Å². The zero-order valence-electron chi connectivity index (χ0n) is 10.2. The van der Waals surface area contributed by atoms with Crippen molar-refractivity contribution < 1.29 is 0 Å². The van der Waals surface area contributed by atoms with Gasteiger partial charge in [-0.25, -0.2) is 5.84 Å². The van der Waals surface area contributed by atoms with Gasteiger partial charge >= 0.3 is 0 Å². The summed E-state index contributed by atoms with van der Waals surface area (Å²) in [6.07, 6.45) is 1.54. The Balaban J connectivity index is 2.74. The quantitative estimate of drug-likeness (QED) is 0.211. The molecule has 0 aromatic carbocycles. The molecule has 0 saturated heterocycles. The summed E-state index contributed by atoms with van der Waals surface area (Å²) < 4.78 is 0. The van der Waals surface area contributed by atoms with Crippen molar-refractivity contribution in [3.05, 3.63) is 24.0 Å². The second-order valence-corrected chi connectivity index (χ2v) is 3.93. The predicted molar refractivity (Wildman–Crippen MR) is 69.8 cm³/mol. The van der Waals surface area contributed by atoms with E-state index in [4.69, 9.17) is 19.5 Å². The highest BCUT2D eigenvalue weighted by Crippen LogP contribution is 1.97. The van der Waals surface area contributed by atoms with E-state index >= 15 is 0 Å². The Labute approximate surface area is 103 Å². The molecule has 0 aliphatic rings. The third-order valence-electron chi connectivity index (χ3n) is 2.20. The second-order valence-electron chi connectivity index (χ2n) is 3.93. The van der Waals surface area contributed by atoms with Crippen LogP contribution in [0.5, 0.6) is 0 Å². The van der Waals surface area contributed by atoms with Crippen LogP contribution in [0, 0.1) is 0 Å². The number of pyridine rings is 1. The molecule has 0 amide bonds. The van der Waals surface area contributed by atoms with Gasteiger partial charge in [-0.1, -0.05) is 11.5 Å². The molecule has 90 valence electrons. The first-order valence-electron chi connectivity index (χ1n) is 5.21. The molecule has 0 atom stereocenters. The average molecular weight is 232 g/mol. The van der Waals surface area contributed by atoms with E-state index < -0.39 is 0 Å². The van der Waals surface area contributed by atoms with Gasteiger partial charge in [0, 0.05) is 19.3 Å². The SMILES string of the molecule is [B]c1ccc(/C(=N/N)N(N)CCN(C)C)nc1. The lowest BCUT2D eigenvalue weighted by Gasteiger charge is -2.21. The largest absolute Gasteiger partial charge is 0.321 e. The number of amidine groups is 1. The molecule has 0 bridgehead atoms. The molecule has 7 heteroatoms. The summed E-state index contributed by atoms with van der Waals surface area (Å²) in [6.45, 7) is 1.40. The lowest BCUT2D eigenvalue weighted by molar-refractivity contribution is 0.335. The van der Waals surface area contributed by atoms with Crippen molar-refractivity contribution in [3.63, 3.8) is 0 Å². The summed E-state index contributed by atoms with van der Waals surface area (Å²) in [7, 11) is 9.49.